The minimum absolute atomic E-state index is 0.0156. The summed E-state index contributed by atoms with van der Waals surface area (Å²) < 4.78 is 52.7. The van der Waals surface area contributed by atoms with Crippen LogP contribution in [-0.4, -0.2) is 24.2 Å². The summed E-state index contributed by atoms with van der Waals surface area (Å²) in [5.74, 6) is -0.242. The molecule has 0 saturated heterocycles. The molecular formula is C10H9ClF4N2O. The summed E-state index contributed by atoms with van der Waals surface area (Å²) in [6.07, 6.45) is -8.43. The Morgan fingerprint density at radius 2 is 1.89 bits per heavy atom. The third kappa shape index (κ3) is 4.06. The molecule has 0 unspecified atom stereocenters. The summed E-state index contributed by atoms with van der Waals surface area (Å²) in [6.45, 7) is 0. The van der Waals surface area contributed by atoms with Crippen molar-refractivity contribution in [3.05, 3.63) is 24.3 Å². The molecule has 1 aromatic rings. The van der Waals surface area contributed by atoms with Crippen molar-refractivity contribution in [3.8, 4) is 5.75 Å². The molecule has 0 atom stereocenters. The van der Waals surface area contributed by atoms with Crippen molar-refractivity contribution in [2.75, 3.05) is 5.88 Å². The minimum atomic E-state index is -4.53. The molecule has 0 radical (unpaired) electrons. The van der Waals surface area contributed by atoms with E-state index in [0.29, 0.717) is 5.69 Å². The van der Waals surface area contributed by atoms with E-state index >= 15 is 0 Å². The summed E-state index contributed by atoms with van der Waals surface area (Å²) in [4.78, 5) is 3.82. The average molecular weight is 285 g/mol. The second-order valence-corrected chi connectivity index (χ2v) is 3.46. The minimum Gasteiger partial charge on any atom is -0.428 e. The van der Waals surface area contributed by atoms with Crippen molar-refractivity contribution < 1.29 is 22.3 Å². The van der Waals surface area contributed by atoms with Gasteiger partial charge in [0.25, 0.3) is 0 Å². The first-order valence-corrected chi connectivity index (χ1v) is 5.22. The SMILES string of the molecule is NC(CCl)=Nc1ccc(OC(F)(F)C(F)F)cc1. The van der Waals surface area contributed by atoms with Crippen LogP contribution in [0.5, 0.6) is 5.75 Å². The molecule has 0 aliphatic carbocycles. The van der Waals surface area contributed by atoms with E-state index in [-0.39, 0.29) is 11.7 Å². The van der Waals surface area contributed by atoms with Gasteiger partial charge < -0.3 is 10.5 Å². The maximum Gasteiger partial charge on any atom is 0.461 e. The van der Waals surface area contributed by atoms with Crippen molar-refractivity contribution in [2.24, 2.45) is 10.7 Å². The summed E-state index contributed by atoms with van der Waals surface area (Å²) in [5, 5.41) is 0. The molecule has 8 heteroatoms. The molecule has 2 N–H and O–H groups in total. The lowest BCUT2D eigenvalue weighted by Gasteiger charge is -2.16. The van der Waals surface area contributed by atoms with Gasteiger partial charge in [0, 0.05) is 0 Å². The van der Waals surface area contributed by atoms with Crippen LogP contribution < -0.4 is 10.5 Å². The zero-order chi connectivity index (χ0) is 13.8. The molecule has 18 heavy (non-hydrogen) atoms. The largest absolute Gasteiger partial charge is 0.461 e. The second kappa shape index (κ2) is 5.90. The number of benzene rings is 1. The summed E-state index contributed by atoms with van der Waals surface area (Å²) in [6, 6.07) is 4.74. The van der Waals surface area contributed by atoms with Gasteiger partial charge in [0.05, 0.1) is 11.6 Å². The maximum atomic E-state index is 12.6. The van der Waals surface area contributed by atoms with Crippen LogP contribution in [0.4, 0.5) is 23.2 Å². The molecule has 0 spiro atoms. The van der Waals surface area contributed by atoms with Gasteiger partial charge in [-0.05, 0) is 24.3 Å². The number of amidine groups is 1. The Morgan fingerprint density at radius 3 is 2.33 bits per heavy atom. The zero-order valence-electron chi connectivity index (χ0n) is 8.92. The standard InChI is InChI=1S/C10H9ClF4N2O/c11-5-8(16)17-6-1-3-7(4-2-6)18-10(14,15)9(12)13/h1-4,9H,5H2,(H2,16,17). The van der Waals surface area contributed by atoms with Gasteiger partial charge in [0.1, 0.15) is 11.6 Å². The molecule has 100 valence electrons. The summed E-state index contributed by atoms with van der Waals surface area (Å²) in [7, 11) is 0. The Hall–Kier alpha value is -1.50. The highest BCUT2D eigenvalue weighted by molar-refractivity contribution is 6.28. The smallest absolute Gasteiger partial charge is 0.428 e. The average Bonchev–Trinajstić information content (AvgIpc) is 2.31. The zero-order valence-corrected chi connectivity index (χ0v) is 9.67. The summed E-state index contributed by atoms with van der Waals surface area (Å²) >= 11 is 5.39. The lowest BCUT2D eigenvalue weighted by Crippen LogP contribution is -2.33. The Kier molecular flexibility index (Phi) is 4.77. The predicted octanol–water partition coefficient (Wildman–Crippen LogP) is 3.15. The van der Waals surface area contributed by atoms with Crippen molar-refractivity contribution in [3.63, 3.8) is 0 Å². The number of ether oxygens (including phenoxy) is 1. The van der Waals surface area contributed by atoms with Crippen molar-refractivity contribution >= 4 is 23.1 Å². The van der Waals surface area contributed by atoms with Gasteiger partial charge in [0.2, 0.25) is 0 Å². The van der Waals surface area contributed by atoms with Crippen LogP contribution in [0.1, 0.15) is 0 Å². The molecule has 3 nitrogen and oxygen atoms in total. The van der Waals surface area contributed by atoms with E-state index in [1.807, 2.05) is 0 Å². The van der Waals surface area contributed by atoms with Gasteiger partial charge in [-0.15, -0.1) is 11.6 Å². The van der Waals surface area contributed by atoms with Crippen LogP contribution in [0, 0.1) is 0 Å². The van der Waals surface area contributed by atoms with Crippen LogP contribution in [0.25, 0.3) is 0 Å². The van der Waals surface area contributed by atoms with Gasteiger partial charge in [-0.2, -0.15) is 17.6 Å². The lowest BCUT2D eigenvalue weighted by atomic mass is 10.3. The maximum absolute atomic E-state index is 12.6. The number of hydrogen-bond acceptors (Lipinski definition) is 2. The van der Waals surface area contributed by atoms with E-state index in [9.17, 15) is 17.6 Å². The van der Waals surface area contributed by atoms with E-state index in [0.717, 1.165) is 12.1 Å². The normalized spacial score (nSPS) is 12.9. The molecule has 0 amide bonds. The fraction of sp³-hybridized carbons (Fsp3) is 0.300. The Morgan fingerprint density at radius 1 is 1.33 bits per heavy atom. The van der Waals surface area contributed by atoms with Crippen LogP contribution in [0.2, 0.25) is 0 Å². The highest BCUT2D eigenvalue weighted by atomic mass is 35.5. The first-order chi connectivity index (χ1) is 8.35. The number of nitrogens with two attached hydrogens (primary N) is 1. The topological polar surface area (TPSA) is 47.6 Å². The van der Waals surface area contributed by atoms with Gasteiger partial charge in [-0.25, -0.2) is 4.99 Å². The Labute approximate surface area is 105 Å². The van der Waals surface area contributed by atoms with Crippen molar-refractivity contribution in [2.45, 2.75) is 12.5 Å². The Balaban J connectivity index is 2.78. The number of halogens is 5. The van der Waals surface area contributed by atoms with Crippen molar-refractivity contribution in [1.29, 1.82) is 0 Å². The van der Waals surface area contributed by atoms with Crippen LogP contribution in [0.15, 0.2) is 29.3 Å². The lowest BCUT2D eigenvalue weighted by molar-refractivity contribution is -0.253. The summed E-state index contributed by atoms with van der Waals surface area (Å²) in [5.41, 5.74) is 5.70. The van der Waals surface area contributed by atoms with Gasteiger partial charge in [-0.1, -0.05) is 0 Å². The first-order valence-electron chi connectivity index (χ1n) is 4.69. The van der Waals surface area contributed by atoms with Crippen LogP contribution in [0.3, 0.4) is 0 Å². The highest BCUT2D eigenvalue weighted by Crippen LogP contribution is 2.28. The fourth-order valence-electron chi connectivity index (χ4n) is 0.986. The molecule has 1 rings (SSSR count). The fourth-order valence-corrected chi connectivity index (χ4v) is 1.05. The number of aliphatic imine (C=N–C) groups is 1. The van der Waals surface area contributed by atoms with Gasteiger partial charge in [0.15, 0.2) is 0 Å². The molecule has 0 aliphatic rings. The van der Waals surface area contributed by atoms with Crippen molar-refractivity contribution in [1.82, 2.24) is 0 Å². The van der Waals surface area contributed by atoms with E-state index < -0.39 is 18.3 Å². The predicted molar refractivity (Wildman–Crippen MR) is 60.0 cm³/mol. The number of rotatable bonds is 5. The quantitative estimate of drug-likeness (QED) is 0.391. The Bertz CT molecular complexity index is 422. The van der Waals surface area contributed by atoms with Crippen LogP contribution in [-0.2, 0) is 0 Å². The molecule has 0 fully saturated rings. The number of nitrogens with zero attached hydrogens (tertiary/aromatic N) is 1. The first kappa shape index (κ1) is 14.6. The van der Waals surface area contributed by atoms with E-state index in [4.69, 9.17) is 17.3 Å². The second-order valence-electron chi connectivity index (χ2n) is 3.20. The monoisotopic (exact) mass is 284 g/mol. The molecule has 0 aliphatic heterocycles. The van der Waals surface area contributed by atoms with Gasteiger partial charge >= 0.3 is 12.5 Å². The third-order valence-corrected chi connectivity index (χ3v) is 2.03. The highest BCUT2D eigenvalue weighted by Gasteiger charge is 2.43. The molecular weight excluding hydrogens is 276 g/mol. The molecule has 1 aromatic carbocycles. The molecule has 0 heterocycles. The molecule has 0 saturated carbocycles. The van der Waals surface area contributed by atoms with Crippen LogP contribution >= 0.6 is 11.6 Å². The van der Waals surface area contributed by atoms with Gasteiger partial charge in [-0.3, -0.25) is 0 Å². The van der Waals surface area contributed by atoms with E-state index in [2.05, 4.69) is 9.73 Å². The third-order valence-electron chi connectivity index (χ3n) is 1.75. The van der Waals surface area contributed by atoms with E-state index in [1.165, 1.54) is 12.1 Å². The molecule has 0 aromatic heterocycles. The number of alkyl halides is 5. The number of hydrogen-bond donors (Lipinski definition) is 1. The molecule has 0 bridgehead atoms. The van der Waals surface area contributed by atoms with E-state index in [1.54, 1.807) is 0 Å².